The molecule has 0 fully saturated rings. The first kappa shape index (κ1) is 22.5. The van der Waals surface area contributed by atoms with Crippen molar-refractivity contribution in [2.75, 3.05) is 5.32 Å². The van der Waals surface area contributed by atoms with Crippen molar-refractivity contribution in [2.45, 2.75) is 58.4 Å². The summed E-state index contributed by atoms with van der Waals surface area (Å²) < 4.78 is 1.55. The highest BCUT2D eigenvalue weighted by Crippen LogP contribution is 2.34. The maximum atomic E-state index is 13.7. The van der Waals surface area contributed by atoms with Gasteiger partial charge < -0.3 is 5.32 Å². The SMILES string of the molecule is CCCCc1ccc(NC(=O)Cn2c(-c3ccccc3)nc3sc4c(c3c2=O)CCCC4)cc1. The molecule has 0 saturated heterocycles. The van der Waals surface area contributed by atoms with Crippen LogP contribution in [-0.2, 0) is 30.6 Å². The lowest BCUT2D eigenvalue weighted by Gasteiger charge is -2.14. The second-order valence-electron chi connectivity index (χ2n) is 8.93. The smallest absolute Gasteiger partial charge is 0.263 e. The summed E-state index contributed by atoms with van der Waals surface area (Å²) in [5, 5.41) is 3.66. The van der Waals surface area contributed by atoms with Crippen LogP contribution in [0.4, 0.5) is 5.69 Å². The maximum absolute atomic E-state index is 13.7. The Hall–Kier alpha value is -3.25. The monoisotopic (exact) mass is 471 g/mol. The van der Waals surface area contributed by atoms with E-state index in [9.17, 15) is 9.59 Å². The fraction of sp³-hybridized carbons (Fsp3) is 0.321. The van der Waals surface area contributed by atoms with Crippen LogP contribution in [0, 0.1) is 0 Å². The van der Waals surface area contributed by atoms with Gasteiger partial charge in [0.1, 0.15) is 17.2 Å². The van der Waals surface area contributed by atoms with Gasteiger partial charge in [0, 0.05) is 16.1 Å². The van der Waals surface area contributed by atoms with E-state index in [4.69, 9.17) is 4.98 Å². The van der Waals surface area contributed by atoms with Crippen LogP contribution < -0.4 is 10.9 Å². The quantitative estimate of drug-likeness (QED) is 0.360. The van der Waals surface area contributed by atoms with Gasteiger partial charge in [0.25, 0.3) is 5.56 Å². The molecule has 34 heavy (non-hydrogen) atoms. The van der Waals surface area contributed by atoms with Crippen molar-refractivity contribution in [1.82, 2.24) is 9.55 Å². The van der Waals surface area contributed by atoms with Crippen LogP contribution in [0.15, 0.2) is 59.4 Å². The molecule has 2 aromatic heterocycles. The summed E-state index contributed by atoms with van der Waals surface area (Å²) in [7, 11) is 0. The molecule has 1 aliphatic rings. The van der Waals surface area contributed by atoms with Gasteiger partial charge in [0.15, 0.2) is 0 Å². The molecule has 4 aromatic rings. The van der Waals surface area contributed by atoms with Crippen molar-refractivity contribution in [2.24, 2.45) is 0 Å². The van der Waals surface area contributed by atoms with Gasteiger partial charge in [-0.25, -0.2) is 4.98 Å². The molecule has 0 unspecified atom stereocenters. The predicted octanol–water partition coefficient (Wildman–Crippen LogP) is 5.99. The molecule has 0 radical (unpaired) electrons. The van der Waals surface area contributed by atoms with Crippen LogP contribution >= 0.6 is 11.3 Å². The number of hydrogen-bond acceptors (Lipinski definition) is 4. The summed E-state index contributed by atoms with van der Waals surface area (Å²) >= 11 is 1.63. The molecular weight excluding hydrogens is 442 g/mol. The van der Waals surface area contributed by atoms with E-state index in [0.29, 0.717) is 11.2 Å². The third-order valence-electron chi connectivity index (χ3n) is 6.47. The molecule has 174 valence electrons. The van der Waals surface area contributed by atoms with Gasteiger partial charge in [0.2, 0.25) is 5.91 Å². The van der Waals surface area contributed by atoms with E-state index >= 15 is 0 Å². The van der Waals surface area contributed by atoms with Gasteiger partial charge >= 0.3 is 0 Å². The molecule has 1 N–H and O–H groups in total. The highest BCUT2D eigenvalue weighted by atomic mass is 32.1. The molecular formula is C28H29N3O2S. The number of aromatic nitrogens is 2. The third-order valence-corrected chi connectivity index (χ3v) is 7.65. The average Bonchev–Trinajstić information content (AvgIpc) is 3.24. The Morgan fingerprint density at radius 3 is 2.59 bits per heavy atom. The summed E-state index contributed by atoms with van der Waals surface area (Å²) in [6, 6.07) is 17.6. The van der Waals surface area contributed by atoms with E-state index in [-0.39, 0.29) is 18.0 Å². The Kier molecular flexibility index (Phi) is 6.59. The minimum Gasteiger partial charge on any atom is -0.325 e. The molecule has 1 amide bonds. The van der Waals surface area contributed by atoms with Crippen molar-refractivity contribution in [3.05, 3.63) is 81.0 Å². The van der Waals surface area contributed by atoms with E-state index in [0.717, 1.165) is 66.6 Å². The Morgan fingerprint density at radius 1 is 1.06 bits per heavy atom. The number of thiophene rings is 1. The molecule has 0 saturated carbocycles. The van der Waals surface area contributed by atoms with Crippen LogP contribution in [-0.4, -0.2) is 15.5 Å². The van der Waals surface area contributed by atoms with Crippen LogP contribution in [0.3, 0.4) is 0 Å². The zero-order chi connectivity index (χ0) is 23.5. The van der Waals surface area contributed by atoms with Gasteiger partial charge in [-0.2, -0.15) is 0 Å². The van der Waals surface area contributed by atoms with E-state index in [1.165, 1.54) is 10.4 Å². The minimum absolute atomic E-state index is 0.0752. The van der Waals surface area contributed by atoms with Crippen molar-refractivity contribution in [3.8, 4) is 11.4 Å². The summed E-state index contributed by atoms with van der Waals surface area (Å²) in [4.78, 5) is 33.8. The van der Waals surface area contributed by atoms with Crippen LogP contribution in [0.25, 0.3) is 21.6 Å². The number of unbranched alkanes of at least 4 members (excludes halogenated alkanes) is 1. The first-order valence-corrected chi connectivity index (χ1v) is 12.9. The van der Waals surface area contributed by atoms with E-state index in [2.05, 4.69) is 24.4 Å². The Morgan fingerprint density at radius 2 is 1.82 bits per heavy atom. The summed E-state index contributed by atoms with van der Waals surface area (Å²) in [6.45, 7) is 2.10. The molecule has 0 atom stereocenters. The van der Waals surface area contributed by atoms with Crippen LogP contribution in [0.2, 0.25) is 0 Å². The van der Waals surface area contributed by atoms with Gasteiger partial charge in [0.05, 0.1) is 5.39 Å². The van der Waals surface area contributed by atoms with E-state index in [1.807, 2.05) is 42.5 Å². The second-order valence-corrected chi connectivity index (χ2v) is 10.0. The number of carbonyl (C=O) groups excluding carboxylic acids is 1. The topological polar surface area (TPSA) is 64.0 Å². The first-order chi connectivity index (χ1) is 16.6. The zero-order valence-corrected chi connectivity index (χ0v) is 20.3. The largest absolute Gasteiger partial charge is 0.325 e. The highest BCUT2D eigenvalue weighted by Gasteiger charge is 2.23. The predicted molar refractivity (Wildman–Crippen MR) is 140 cm³/mol. The van der Waals surface area contributed by atoms with E-state index in [1.54, 1.807) is 15.9 Å². The van der Waals surface area contributed by atoms with Gasteiger partial charge in [-0.05, 0) is 61.8 Å². The molecule has 5 nitrogen and oxygen atoms in total. The summed E-state index contributed by atoms with van der Waals surface area (Å²) in [6.07, 6.45) is 7.50. The fourth-order valence-corrected chi connectivity index (χ4v) is 5.92. The number of nitrogens with zero attached hydrogens (tertiary/aromatic N) is 2. The minimum atomic E-state index is -0.231. The Bertz CT molecular complexity index is 1370. The van der Waals surface area contributed by atoms with Crippen molar-refractivity contribution in [1.29, 1.82) is 0 Å². The Balaban J connectivity index is 1.49. The van der Waals surface area contributed by atoms with Crippen LogP contribution in [0.1, 0.15) is 48.6 Å². The lowest BCUT2D eigenvalue weighted by atomic mass is 9.97. The highest BCUT2D eigenvalue weighted by molar-refractivity contribution is 7.18. The standard InChI is InChI=1S/C28H29N3O2S/c1-2-3-9-19-14-16-21(17-15-19)29-24(32)18-31-26(20-10-5-4-6-11-20)30-27-25(28(31)33)22-12-7-8-13-23(22)34-27/h4-6,10-11,14-17H,2-3,7-9,12-13,18H2,1H3,(H,29,32). The molecule has 0 bridgehead atoms. The van der Waals surface area contributed by atoms with Crippen molar-refractivity contribution >= 4 is 33.1 Å². The number of nitrogens with one attached hydrogen (secondary N) is 1. The number of fused-ring (bicyclic) bond motifs is 3. The number of aryl methyl sites for hydroxylation is 3. The number of benzene rings is 2. The van der Waals surface area contributed by atoms with Gasteiger partial charge in [-0.1, -0.05) is 55.8 Å². The van der Waals surface area contributed by atoms with Crippen molar-refractivity contribution < 1.29 is 4.79 Å². The summed E-state index contributed by atoms with van der Waals surface area (Å²) in [5.41, 5.74) is 3.86. The third kappa shape index (κ3) is 4.55. The molecule has 2 heterocycles. The molecule has 1 aliphatic carbocycles. The van der Waals surface area contributed by atoms with Gasteiger partial charge in [-0.3, -0.25) is 14.2 Å². The first-order valence-electron chi connectivity index (χ1n) is 12.1. The van der Waals surface area contributed by atoms with E-state index < -0.39 is 0 Å². The maximum Gasteiger partial charge on any atom is 0.263 e. The zero-order valence-electron chi connectivity index (χ0n) is 19.5. The second kappa shape index (κ2) is 9.94. The van der Waals surface area contributed by atoms with Crippen LogP contribution in [0.5, 0.6) is 0 Å². The summed E-state index contributed by atoms with van der Waals surface area (Å²) in [5.74, 6) is 0.313. The number of rotatable bonds is 7. The average molecular weight is 472 g/mol. The lowest BCUT2D eigenvalue weighted by Crippen LogP contribution is -2.30. The molecule has 2 aromatic carbocycles. The Labute approximate surface area is 203 Å². The number of anilines is 1. The molecule has 0 spiro atoms. The lowest BCUT2D eigenvalue weighted by molar-refractivity contribution is -0.116. The number of hydrogen-bond donors (Lipinski definition) is 1. The molecule has 0 aliphatic heterocycles. The number of amides is 1. The van der Waals surface area contributed by atoms with Crippen molar-refractivity contribution in [3.63, 3.8) is 0 Å². The normalized spacial score (nSPS) is 13.1. The molecule has 6 heteroatoms. The number of carbonyl (C=O) groups is 1. The fourth-order valence-electron chi connectivity index (χ4n) is 4.67. The molecule has 5 rings (SSSR count). The van der Waals surface area contributed by atoms with Gasteiger partial charge in [-0.15, -0.1) is 11.3 Å².